The average molecular weight is 408 g/mol. The lowest BCUT2D eigenvalue weighted by molar-refractivity contribution is 1.16. The fourth-order valence-corrected chi connectivity index (χ4v) is 3.66. The molecular formula is C21H18ClN5S. The third-order valence-electron chi connectivity index (χ3n) is 4.18. The molecule has 140 valence electrons. The second-order valence-corrected chi connectivity index (χ2v) is 7.92. The second kappa shape index (κ2) is 8.37. The van der Waals surface area contributed by atoms with E-state index in [-0.39, 0.29) is 0 Å². The molecule has 0 aliphatic rings. The molecule has 0 aliphatic heterocycles. The molecule has 0 atom stereocenters. The van der Waals surface area contributed by atoms with E-state index >= 15 is 0 Å². The highest BCUT2D eigenvalue weighted by atomic mass is 35.5. The summed E-state index contributed by atoms with van der Waals surface area (Å²) >= 11 is 7.36. The van der Waals surface area contributed by atoms with Crippen LogP contribution in [0.25, 0.3) is 11.4 Å². The number of para-hydroxylation sites is 1. The second-order valence-electron chi connectivity index (χ2n) is 6.22. The third kappa shape index (κ3) is 4.47. The van der Waals surface area contributed by atoms with E-state index in [2.05, 4.69) is 38.6 Å². The Morgan fingerprint density at radius 3 is 2.75 bits per heavy atom. The fraction of sp³-hybridized carbons (Fsp3) is 0.0952. The molecule has 0 saturated heterocycles. The number of anilines is 3. The lowest BCUT2D eigenvalue weighted by Gasteiger charge is -2.10. The van der Waals surface area contributed by atoms with Crippen molar-refractivity contribution >= 4 is 40.1 Å². The lowest BCUT2D eigenvalue weighted by atomic mass is 10.2. The number of aryl methyl sites for hydroxylation is 1. The van der Waals surface area contributed by atoms with Gasteiger partial charge in [0.1, 0.15) is 5.82 Å². The first-order chi connectivity index (χ1) is 13.7. The SMILES string of the molecule is Cc1ccccc1Nc1ccnc(-c2cccc(NCc3cnc(Cl)s3)c2)n1. The third-order valence-corrected chi connectivity index (χ3v) is 5.29. The summed E-state index contributed by atoms with van der Waals surface area (Å²) in [5.41, 5.74) is 4.13. The van der Waals surface area contributed by atoms with Crippen molar-refractivity contribution in [1.29, 1.82) is 0 Å². The number of hydrogen-bond donors (Lipinski definition) is 2. The molecule has 0 bridgehead atoms. The summed E-state index contributed by atoms with van der Waals surface area (Å²) in [6, 6.07) is 18.0. The summed E-state index contributed by atoms with van der Waals surface area (Å²) in [5.74, 6) is 1.43. The molecule has 2 aromatic heterocycles. The molecule has 28 heavy (non-hydrogen) atoms. The summed E-state index contributed by atoms with van der Waals surface area (Å²) < 4.78 is 0.553. The van der Waals surface area contributed by atoms with Crippen LogP contribution < -0.4 is 10.6 Å². The molecule has 2 N–H and O–H groups in total. The van der Waals surface area contributed by atoms with E-state index in [1.54, 1.807) is 12.4 Å². The number of nitrogens with one attached hydrogen (secondary N) is 2. The molecule has 2 aromatic carbocycles. The highest BCUT2D eigenvalue weighted by Gasteiger charge is 2.06. The van der Waals surface area contributed by atoms with E-state index in [1.807, 2.05) is 48.5 Å². The van der Waals surface area contributed by atoms with Gasteiger partial charge >= 0.3 is 0 Å². The minimum atomic E-state index is 0.553. The lowest BCUT2D eigenvalue weighted by Crippen LogP contribution is -1.99. The van der Waals surface area contributed by atoms with Crippen molar-refractivity contribution in [3.63, 3.8) is 0 Å². The number of rotatable bonds is 6. The van der Waals surface area contributed by atoms with Gasteiger partial charge in [-0.2, -0.15) is 0 Å². The van der Waals surface area contributed by atoms with Crippen LogP contribution in [0.15, 0.2) is 67.0 Å². The molecule has 0 spiro atoms. The van der Waals surface area contributed by atoms with E-state index in [0.717, 1.165) is 33.2 Å². The van der Waals surface area contributed by atoms with E-state index in [0.29, 0.717) is 16.8 Å². The molecule has 0 saturated carbocycles. The first-order valence-corrected chi connectivity index (χ1v) is 9.97. The van der Waals surface area contributed by atoms with Crippen LogP contribution >= 0.6 is 22.9 Å². The highest BCUT2D eigenvalue weighted by Crippen LogP contribution is 2.24. The van der Waals surface area contributed by atoms with Gasteiger partial charge in [0.05, 0.1) is 6.54 Å². The van der Waals surface area contributed by atoms with Crippen LogP contribution in [-0.4, -0.2) is 15.0 Å². The smallest absolute Gasteiger partial charge is 0.183 e. The standard InChI is InChI=1S/C21H18ClN5S/c1-14-5-2-3-8-18(14)26-19-9-10-23-20(27-19)15-6-4-7-16(11-15)24-12-17-13-25-21(22)28-17/h2-11,13,24H,12H2,1H3,(H,23,26,27). The maximum absolute atomic E-state index is 5.89. The normalized spacial score (nSPS) is 10.6. The number of aromatic nitrogens is 3. The Bertz CT molecular complexity index is 1100. The van der Waals surface area contributed by atoms with Gasteiger partial charge < -0.3 is 10.6 Å². The van der Waals surface area contributed by atoms with E-state index in [1.165, 1.54) is 11.3 Å². The van der Waals surface area contributed by atoms with Gasteiger partial charge in [0, 0.05) is 34.2 Å². The van der Waals surface area contributed by atoms with Crippen LogP contribution in [0.5, 0.6) is 0 Å². The molecular weight excluding hydrogens is 390 g/mol. The maximum atomic E-state index is 5.89. The van der Waals surface area contributed by atoms with Crippen LogP contribution in [0.3, 0.4) is 0 Å². The van der Waals surface area contributed by atoms with Crippen LogP contribution in [0, 0.1) is 6.92 Å². The van der Waals surface area contributed by atoms with Gasteiger partial charge in [-0.25, -0.2) is 15.0 Å². The molecule has 0 unspecified atom stereocenters. The minimum Gasteiger partial charge on any atom is -0.380 e. The predicted octanol–water partition coefficient (Wildman–Crippen LogP) is 5.92. The Kier molecular flexibility index (Phi) is 5.50. The molecule has 0 amide bonds. The van der Waals surface area contributed by atoms with Crippen molar-refractivity contribution in [2.75, 3.05) is 10.6 Å². The molecule has 0 aliphatic carbocycles. The Labute approximate surface area is 172 Å². The van der Waals surface area contributed by atoms with Crippen molar-refractivity contribution in [2.45, 2.75) is 13.5 Å². The van der Waals surface area contributed by atoms with Gasteiger partial charge in [0.15, 0.2) is 10.3 Å². The van der Waals surface area contributed by atoms with Crippen molar-refractivity contribution < 1.29 is 0 Å². The van der Waals surface area contributed by atoms with Crippen LogP contribution in [0.4, 0.5) is 17.2 Å². The summed E-state index contributed by atoms with van der Waals surface area (Å²) in [7, 11) is 0. The highest BCUT2D eigenvalue weighted by molar-refractivity contribution is 7.15. The summed E-state index contributed by atoms with van der Waals surface area (Å²) in [5, 5.41) is 6.75. The maximum Gasteiger partial charge on any atom is 0.183 e. The average Bonchev–Trinajstić information content (AvgIpc) is 3.14. The fourth-order valence-electron chi connectivity index (χ4n) is 2.74. The molecule has 4 aromatic rings. The Morgan fingerprint density at radius 1 is 1.04 bits per heavy atom. The van der Waals surface area contributed by atoms with E-state index < -0.39 is 0 Å². The van der Waals surface area contributed by atoms with Crippen LogP contribution in [0.1, 0.15) is 10.4 Å². The van der Waals surface area contributed by atoms with Gasteiger partial charge in [-0.1, -0.05) is 41.9 Å². The summed E-state index contributed by atoms with van der Waals surface area (Å²) in [6.45, 7) is 2.74. The van der Waals surface area contributed by atoms with E-state index in [9.17, 15) is 0 Å². The zero-order valence-corrected chi connectivity index (χ0v) is 16.8. The minimum absolute atomic E-state index is 0.553. The van der Waals surface area contributed by atoms with Gasteiger partial charge in [-0.15, -0.1) is 11.3 Å². The largest absolute Gasteiger partial charge is 0.380 e. The number of thiazole rings is 1. The van der Waals surface area contributed by atoms with Crippen LogP contribution in [-0.2, 0) is 6.54 Å². The Balaban J connectivity index is 1.51. The van der Waals surface area contributed by atoms with Crippen molar-refractivity contribution in [3.05, 3.63) is 81.9 Å². The molecule has 4 rings (SSSR count). The van der Waals surface area contributed by atoms with Gasteiger partial charge in [-0.3, -0.25) is 0 Å². The quantitative estimate of drug-likeness (QED) is 0.415. The zero-order valence-electron chi connectivity index (χ0n) is 15.2. The first kappa shape index (κ1) is 18.4. The van der Waals surface area contributed by atoms with Crippen molar-refractivity contribution in [2.24, 2.45) is 0 Å². The topological polar surface area (TPSA) is 62.7 Å². The number of halogens is 1. The molecule has 0 fully saturated rings. The Morgan fingerprint density at radius 2 is 1.93 bits per heavy atom. The summed E-state index contributed by atoms with van der Waals surface area (Å²) in [6.07, 6.45) is 3.55. The monoisotopic (exact) mass is 407 g/mol. The molecule has 5 nitrogen and oxygen atoms in total. The zero-order chi connectivity index (χ0) is 19.3. The van der Waals surface area contributed by atoms with Gasteiger partial charge in [0.25, 0.3) is 0 Å². The Hall–Kier alpha value is -2.96. The van der Waals surface area contributed by atoms with Crippen LogP contribution in [0.2, 0.25) is 4.47 Å². The van der Waals surface area contributed by atoms with Gasteiger partial charge in [0.2, 0.25) is 0 Å². The van der Waals surface area contributed by atoms with Crippen molar-refractivity contribution in [3.8, 4) is 11.4 Å². The molecule has 7 heteroatoms. The van der Waals surface area contributed by atoms with Crippen molar-refractivity contribution in [1.82, 2.24) is 15.0 Å². The number of hydrogen-bond acceptors (Lipinski definition) is 6. The number of nitrogens with zero attached hydrogens (tertiary/aromatic N) is 3. The van der Waals surface area contributed by atoms with E-state index in [4.69, 9.17) is 11.6 Å². The van der Waals surface area contributed by atoms with Gasteiger partial charge in [-0.05, 0) is 36.8 Å². The summed E-state index contributed by atoms with van der Waals surface area (Å²) in [4.78, 5) is 14.2. The number of benzene rings is 2. The predicted molar refractivity (Wildman–Crippen MR) is 116 cm³/mol. The first-order valence-electron chi connectivity index (χ1n) is 8.77. The molecule has 0 radical (unpaired) electrons. The molecule has 2 heterocycles.